The molecule has 5 rings (SSSR count). The van der Waals surface area contributed by atoms with Crippen molar-refractivity contribution in [1.29, 1.82) is 0 Å². The monoisotopic (exact) mass is 411 g/mol. The number of piperazine rings is 1. The number of ether oxygens (including phenoxy) is 1. The van der Waals surface area contributed by atoms with Crippen LogP contribution in [0.2, 0.25) is 0 Å². The Labute approximate surface area is 174 Å². The zero-order valence-corrected chi connectivity index (χ0v) is 16.8. The van der Waals surface area contributed by atoms with Gasteiger partial charge < -0.3 is 19.3 Å². The molecule has 158 valence electrons. The lowest BCUT2D eigenvalue weighted by Crippen LogP contribution is -2.57. The number of hydrogen-bond donors (Lipinski definition) is 1. The molecule has 7 heteroatoms. The first kappa shape index (κ1) is 19.3. The normalized spacial score (nSPS) is 22.3. The van der Waals surface area contributed by atoms with Gasteiger partial charge >= 0.3 is 0 Å². The number of halogens is 1. The summed E-state index contributed by atoms with van der Waals surface area (Å²) in [5.41, 5.74) is 1.49. The predicted octanol–water partition coefficient (Wildman–Crippen LogP) is 3.44. The van der Waals surface area contributed by atoms with Crippen molar-refractivity contribution in [2.24, 2.45) is 5.92 Å². The molecule has 0 aliphatic carbocycles. The van der Waals surface area contributed by atoms with Crippen molar-refractivity contribution >= 4 is 16.8 Å². The van der Waals surface area contributed by atoms with Gasteiger partial charge in [0.25, 0.3) is 0 Å². The first-order valence-corrected chi connectivity index (χ1v) is 10.6. The number of aliphatic hydroxyl groups excluding tert-OH is 1. The van der Waals surface area contributed by atoms with E-state index in [9.17, 15) is 9.50 Å². The summed E-state index contributed by atoms with van der Waals surface area (Å²) < 4.78 is 25.1. The van der Waals surface area contributed by atoms with Crippen LogP contribution in [-0.2, 0) is 6.61 Å². The maximum absolute atomic E-state index is 13.7. The van der Waals surface area contributed by atoms with Crippen molar-refractivity contribution in [3.63, 3.8) is 0 Å². The summed E-state index contributed by atoms with van der Waals surface area (Å²) >= 11 is 0. The van der Waals surface area contributed by atoms with Gasteiger partial charge in [-0.1, -0.05) is 17.3 Å². The SMILES string of the molecule is OCc1cccc(OC[C@@H]2CCC3CN(c4noc5ccc(F)cc45)CCN3C2)c1. The number of aromatic nitrogens is 1. The van der Waals surface area contributed by atoms with E-state index in [0.29, 0.717) is 24.1 Å². The van der Waals surface area contributed by atoms with Crippen molar-refractivity contribution in [3.8, 4) is 5.75 Å². The molecule has 2 aromatic carbocycles. The molecule has 0 radical (unpaired) electrons. The molecule has 0 saturated carbocycles. The van der Waals surface area contributed by atoms with Crippen LogP contribution in [0.25, 0.3) is 11.0 Å². The second-order valence-corrected chi connectivity index (χ2v) is 8.30. The van der Waals surface area contributed by atoms with E-state index >= 15 is 0 Å². The summed E-state index contributed by atoms with van der Waals surface area (Å²) in [7, 11) is 0. The van der Waals surface area contributed by atoms with E-state index in [0.717, 1.165) is 61.5 Å². The largest absolute Gasteiger partial charge is 0.493 e. The van der Waals surface area contributed by atoms with Crippen LogP contribution in [0.5, 0.6) is 5.75 Å². The molecule has 0 bridgehead atoms. The summed E-state index contributed by atoms with van der Waals surface area (Å²) in [6, 6.07) is 12.7. The smallest absolute Gasteiger partial charge is 0.180 e. The Balaban J connectivity index is 1.19. The zero-order chi connectivity index (χ0) is 20.5. The van der Waals surface area contributed by atoms with Crippen LogP contribution in [0.1, 0.15) is 18.4 Å². The average molecular weight is 411 g/mol. The molecule has 6 nitrogen and oxygen atoms in total. The second-order valence-electron chi connectivity index (χ2n) is 8.30. The van der Waals surface area contributed by atoms with Crippen LogP contribution in [0, 0.1) is 11.7 Å². The Kier molecular flexibility index (Phi) is 5.31. The van der Waals surface area contributed by atoms with E-state index in [4.69, 9.17) is 9.26 Å². The van der Waals surface area contributed by atoms with Gasteiger partial charge in [0.1, 0.15) is 11.6 Å². The molecule has 3 heterocycles. The quantitative estimate of drug-likeness (QED) is 0.694. The molecule has 2 fully saturated rings. The molecule has 1 N–H and O–H groups in total. The minimum Gasteiger partial charge on any atom is -0.493 e. The van der Waals surface area contributed by atoms with Gasteiger partial charge in [-0.15, -0.1) is 0 Å². The van der Waals surface area contributed by atoms with Crippen LogP contribution >= 0.6 is 0 Å². The fourth-order valence-corrected chi connectivity index (χ4v) is 4.66. The van der Waals surface area contributed by atoms with Gasteiger partial charge in [-0.3, -0.25) is 4.90 Å². The number of rotatable bonds is 5. The molecule has 30 heavy (non-hydrogen) atoms. The number of benzene rings is 2. The molecule has 2 aliphatic heterocycles. The summed E-state index contributed by atoms with van der Waals surface area (Å²) in [5, 5.41) is 14.2. The van der Waals surface area contributed by atoms with E-state index in [1.165, 1.54) is 12.1 Å². The summed E-state index contributed by atoms with van der Waals surface area (Å²) in [5.74, 6) is 1.79. The predicted molar refractivity (Wildman–Crippen MR) is 112 cm³/mol. The molecule has 0 amide bonds. The van der Waals surface area contributed by atoms with Gasteiger partial charge in [-0.05, 0) is 48.7 Å². The zero-order valence-electron chi connectivity index (χ0n) is 16.8. The Hall–Kier alpha value is -2.64. The lowest BCUT2D eigenvalue weighted by atomic mass is 9.91. The van der Waals surface area contributed by atoms with E-state index < -0.39 is 0 Å². The highest BCUT2D eigenvalue weighted by Crippen LogP contribution is 2.32. The van der Waals surface area contributed by atoms with Crippen LogP contribution in [0.3, 0.4) is 0 Å². The molecule has 2 saturated heterocycles. The molecular weight excluding hydrogens is 385 g/mol. The van der Waals surface area contributed by atoms with Crippen LogP contribution in [-0.4, -0.2) is 54.0 Å². The van der Waals surface area contributed by atoms with E-state index in [-0.39, 0.29) is 12.4 Å². The third kappa shape index (κ3) is 3.87. The number of hydrogen-bond acceptors (Lipinski definition) is 6. The summed E-state index contributed by atoms with van der Waals surface area (Å²) in [6.45, 7) is 4.41. The minimum absolute atomic E-state index is 0.0278. The van der Waals surface area contributed by atoms with Crippen molar-refractivity contribution in [2.45, 2.75) is 25.5 Å². The number of piperidine rings is 1. The van der Waals surface area contributed by atoms with Crippen molar-refractivity contribution < 1.29 is 18.8 Å². The maximum atomic E-state index is 13.7. The standard InChI is InChI=1S/C23H26FN3O3/c24-18-5-7-22-21(11-18)23(25-30-22)27-9-8-26-12-17(4-6-19(26)13-27)15-29-20-3-1-2-16(10-20)14-28/h1-3,5,7,10-11,17,19,28H,4,6,8-9,12-15H2/t17-,19?/m1/s1. The molecule has 1 aromatic heterocycles. The summed E-state index contributed by atoms with van der Waals surface area (Å²) in [4.78, 5) is 4.77. The Morgan fingerprint density at radius 2 is 2.07 bits per heavy atom. The van der Waals surface area contributed by atoms with Gasteiger partial charge in [0, 0.05) is 38.1 Å². The summed E-state index contributed by atoms with van der Waals surface area (Å²) in [6.07, 6.45) is 2.22. The first-order valence-electron chi connectivity index (χ1n) is 10.6. The number of anilines is 1. The molecule has 2 aliphatic rings. The Morgan fingerprint density at radius 1 is 1.13 bits per heavy atom. The van der Waals surface area contributed by atoms with Gasteiger partial charge in [0.05, 0.1) is 18.6 Å². The van der Waals surface area contributed by atoms with E-state index in [2.05, 4.69) is 15.0 Å². The Bertz CT molecular complexity index is 1020. The van der Waals surface area contributed by atoms with Gasteiger partial charge in [0.2, 0.25) is 0 Å². The van der Waals surface area contributed by atoms with Crippen molar-refractivity contribution in [2.75, 3.05) is 37.7 Å². The van der Waals surface area contributed by atoms with E-state index in [1.807, 2.05) is 24.3 Å². The molecule has 0 spiro atoms. The first-order chi connectivity index (χ1) is 14.7. The Morgan fingerprint density at radius 3 is 2.97 bits per heavy atom. The fraction of sp³-hybridized carbons (Fsp3) is 0.435. The van der Waals surface area contributed by atoms with E-state index in [1.54, 1.807) is 6.07 Å². The van der Waals surface area contributed by atoms with Gasteiger partial charge in [0.15, 0.2) is 11.4 Å². The van der Waals surface area contributed by atoms with Gasteiger partial charge in [-0.2, -0.15) is 0 Å². The number of fused-ring (bicyclic) bond motifs is 2. The number of aliphatic hydroxyl groups is 1. The highest BCUT2D eigenvalue weighted by atomic mass is 19.1. The molecular formula is C23H26FN3O3. The lowest BCUT2D eigenvalue weighted by Gasteiger charge is -2.46. The van der Waals surface area contributed by atoms with Crippen molar-refractivity contribution in [3.05, 3.63) is 53.8 Å². The highest BCUT2D eigenvalue weighted by molar-refractivity contribution is 5.88. The molecule has 2 atom stereocenters. The minimum atomic E-state index is -0.268. The van der Waals surface area contributed by atoms with Gasteiger partial charge in [-0.25, -0.2) is 4.39 Å². The van der Waals surface area contributed by atoms with Crippen LogP contribution in [0.15, 0.2) is 47.0 Å². The molecule has 1 unspecified atom stereocenters. The number of nitrogens with zero attached hydrogens (tertiary/aromatic N) is 3. The lowest BCUT2D eigenvalue weighted by molar-refractivity contribution is 0.0726. The topological polar surface area (TPSA) is 62.0 Å². The third-order valence-electron chi connectivity index (χ3n) is 6.28. The fourth-order valence-electron chi connectivity index (χ4n) is 4.66. The average Bonchev–Trinajstić information content (AvgIpc) is 3.20. The highest BCUT2D eigenvalue weighted by Gasteiger charge is 2.34. The second kappa shape index (κ2) is 8.24. The van der Waals surface area contributed by atoms with Crippen LogP contribution in [0.4, 0.5) is 10.2 Å². The molecule has 3 aromatic rings. The van der Waals surface area contributed by atoms with Crippen LogP contribution < -0.4 is 9.64 Å². The maximum Gasteiger partial charge on any atom is 0.180 e. The van der Waals surface area contributed by atoms with Crippen molar-refractivity contribution in [1.82, 2.24) is 10.1 Å². The third-order valence-corrected chi connectivity index (χ3v) is 6.28.